The first kappa shape index (κ1) is 11.7. The summed E-state index contributed by atoms with van der Waals surface area (Å²) in [5.41, 5.74) is 6.10. The van der Waals surface area contributed by atoms with E-state index >= 15 is 0 Å². The van der Waals surface area contributed by atoms with Crippen LogP contribution in [0, 0.1) is 5.92 Å². The predicted octanol–water partition coefficient (Wildman–Crippen LogP) is 2.19. The van der Waals surface area contributed by atoms with E-state index in [2.05, 4.69) is 6.58 Å². The molecule has 0 aromatic carbocycles. The van der Waals surface area contributed by atoms with E-state index in [0.717, 1.165) is 12.0 Å². The molecule has 0 fully saturated rings. The molecule has 0 saturated heterocycles. The lowest BCUT2D eigenvalue weighted by atomic mass is 9.99. The van der Waals surface area contributed by atoms with Gasteiger partial charge in [0.05, 0.1) is 5.92 Å². The van der Waals surface area contributed by atoms with Gasteiger partial charge in [-0.2, -0.15) is 0 Å². The van der Waals surface area contributed by atoms with Crippen LogP contribution < -0.4 is 5.73 Å². The number of amides is 1. The quantitative estimate of drug-likeness (QED) is 0.646. The van der Waals surface area contributed by atoms with Crippen molar-refractivity contribution >= 4 is 5.91 Å². The maximum Gasteiger partial charge on any atom is 0.224 e. The zero-order chi connectivity index (χ0) is 10.3. The normalized spacial score (nSPS) is 14.5. The molecule has 0 unspecified atom stereocenters. The molecular formula is C11H17NO. The van der Waals surface area contributed by atoms with Crippen molar-refractivity contribution in [2.45, 2.75) is 20.3 Å². The number of carbonyl (C=O) groups is 1. The van der Waals surface area contributed by atoms with Crippen molar-refractivity contribution in [2.75, 3.05) is 0 Å². The molecule has 1 amide bonds. The Morgan fingerprint density at radius 2 is 2.23 bits per heavy atom. The molecule has 72 valence electrons. The first-order valence-electron chi connectivity index (χ1n) is 4.42. The molecule has 1 atom stereocenters. The van der Waals surface area contributed by atoms with E-state index in [1.54, 1.807) is 13.0 Å². The van der Waals surface area contributed by atoms with Crippen LogP contribution in [0.3, 0.4) is 0 Å². The lowest BCUT2D eigenvalue weighted by Crippen LogP contribution is -2.21. The first-order valence-corrected chi connectivity index (χ1v) is 4.42. The first-order chi connectivity index (χ1) is 6.13. The van der Waals surface area contributed by atoms with Gasteiger partial charge >= 0.3 is 0 Å². The van der Waals surface area contributed by atoms with E-state index in [1.807, 2.05) is 25.2 Å². The molecule has 0 heterocycles. The summed E-state index contributed by atoms with van der Waals surface area (Å²) >= 11 is 0. The predicted molar refractivity (Wildman–Crippen MR) is 56.1 cm³/mol. The summed E-state index contributed by atoms with van der Waals surface area (Å²) in [6.45, 7) is 7.42. The van der Waals surface area contributed by atoms with Gasteiger partial charge in [-0.05, 0) is 18.9 Å². The van der Waals surface area contributed by atoms with Crippen LogP contribution >= 0.6 is 0 Å². The highest BCUT2D eigenvalue weighted by Gasteiger charge is 2.10. The van der Waals surface area contributed by atoms with Gasteiger partial charge in [0.25, 0.3) is 0 Å². The third-order valence-electron chi connectivity index (χ3n) is 1.78. The molecule has 0 radical (unpaired) electrons. The van der Waals surface area contributed by atoms with Crippen molar-refractivity contribution < 1.29 is 4.79 Å². The molecule has 0 aliphatic heterocycles. The van der Waals surface area contributed by atoms with E-state index in [4.69, 9.17) is 5.73 Å². The molecule has 0 spiro atoms. The van der Waals surface area contributed by atoms with E-state index in [-0.39, 0.29) is 11.8 Å². The van der Waals surface area contributed by atoms with Gasteiger partial charge in [0.2, 0.25) is 5.91 Å². The number of hydrogen-bond donors (Lipinski definition) is 1. The second kappa shape index (κ2) is 6.23. The highest BCUT2D eigenvalue weighted by Crippen LogP contribution is 2.11. The Hall–Kier alpha value is -1.31. The topological polar surface area (TPSA) is 43.1 Å². The molecule has 13 heavy (non-hydrogen) atoms. The van der Waals surface area contributed by atoms with Gasteiger partial charge in [-0.1, -0.05) is 37.8 Å². The Labute approximate surface area is 79.8 Å². The van der Waals surface area contributed by atoms with Crippen LogP contribution in [0.1, 0.15) is 20.3 Å². The van der Waals surface area contributed by atoms with Crippen molar-refractivity contribution in [3.63, 3.8) is 0 Å². The molecule has 2 N–H and O–H groups in total. The van der Waals surface area contributed by atoms with E-state index < -0.39 is 0 Å². The SMILES string of the molecule is C=C/C=C(\C=C/CC)[C@H](C)C(N)=O. The Morgan fingerprint density at radius 3 is 2.62 bits per heavy atom. The van der Waals surface area contributed by atoms with Crippen molar-refractivity contribution in [1.82, 2.24) is 0 Å². The summed E-state index contributed by atoms with van der Waals surface area (Å²) in [7, 11) is 0. The lowest BCUT2D eigenvalue weighted by molar-refractivity contribution is -0.120. The zero-order valence-corrected chi connectivity index (χ0v) is 8.29. The number of primary amides is 1. The molecule has 2 nitrogen and oxygen atoms in total. The smallest absolute Gasteiger partial charge is 0.224 e. The minimum atomic E-state index is -0.311. The van der Waals surface area contributed by atoms with Crippen LogP contribution in [0.25, 0.3) is 0 Å². The van der Waals surface area contributed by atoms with Crippen LogP contribution in [0.15, 0.2) is 36.5 Å². The summed E-state index contributed by atoms with van der Waals surface area (Å²) in [6, 6.07) is 0. The van der Waals surface area contributed by atoms with Gasteiger partial charge in [0.15, 0.2) is 0 Å². The molecule has 0 bridgehead atoms. The molecular weight excluding hydrogens is 162 g/mol. The summed E-state index contributed by atoms with van der Waals surface area (Å²) in [5, 5.41) is 0. The third kappa shape index (κ3) is 4.31. The molecule has 0 rings (SSSR count). The second-order valence-corrected chi connectivity index (χ2v) is 2.84. The summed E-state index contributed by atoms with van der Waals surface area (Å²) in [6.07, 6.45) is 8.32. The number of nitrogens with two attached hydrogens (primary N) is 1. The van der Waals surface area contributed by atoms with Gasteiger partial charge in [0.1, 0.15) is 0 Å². The second-order valence-electron chi connectivity index (χ2n) is 2.84. The Kier molecular flexibility index (Phi) is 5.60. The van der Waals surface area contributed by atoms with Gasteiger partial charge in [-0.3, -0.25) is 4.79 Å². The van der Waals surface area contributed by atoms with Crippen LogP contribution in [-0.2, 0) is 4.79 Å². The van der Waals surface area contributed by atoms with Crippen LogP contribution in [0.4, 0.5) is 0 Å². The molecule has 0 aromatic heterocycles. The maximum atomic E-state index is 10.9. The number of allylic oxidation sites excluding steroid dienone is 4. The minimum Gasteiger partial charge on any atom is -0.369 e. The number of hydrogen-bond acceptors (Lipinski definition) is 1. The molecule has 0 aliphatic carbocycles. The monoisotopic (exact) mass is 179 g/mol. The number of rotatable bonds is 5. The molecule has 0 aromatic rings. The Morgan fingerprint density at radius 1 is 1.62 bits per heavy atom. The van der Waals surface area contributed by atoms with Crippen molar-refractivity contribution in [3.05, 3.63) is 36.5 Å². The van der Waals surface area contributed by atoms with E-state index in [9.17, 15) is 4.79 Å². The highest BCUT2D eigenvalue weighted by molar-refractivity contribution is 5.80. The zero-order valence-electron chi connectivity index (χ0n) is 8.29. The molecule has 0 aliphatic rings. The van der Waals surface area contributed by atoms with Crippen molar-refractivity contribution in [1.29, 1.82) is 0 Å². The Bertz CT molecular complexity index is 238. The average molecular weight is 179 g/mol. The van der Waals surface area contributed by atoms with Gasteiger partial charge in [-0.15, -0.1) is 0 Å². The van der Waals surface area contributed by atoms with Crippen molar-refractivity contribution in [3.8, 4) is 0 Å². The van der Waals surface area contributed by atoms with Crippen LogP contribution in [0.5, 0.6) is 0 Å². The minimum absolute atomic E-state index is 0.249. The lowest BCUT2D eigenvalue weighted by Gasteiger charge is -2.07. The summed E-state index contributed by atoms with van der Waals surface area (Å²) in [4.78, 5) is 10.9. The van der Waals surface area contributed by atoms with Crippen LogP contribution in [-0.4, -0.2) is 5.91 Å². The average Bonchev–Trinajstić information content (AvgIpc) is 2.11. The standard InChI is InChI=1S/C11H17NO/c1-4-6-8-10(7-5-2)9(3)11(12)13/h5-9H,2,4H2,1,3H3,(H2,12,13)/b8-6-,10-7+/t9-/m0/s1. The molecule has 2 heteroatoms. The highest BCUT2D eigenvalue weighted by atomic mass is 16.1. The largest absolute Gasteiger partial charge is 0.369 e. The Balaban J connectivity index is 4.61. The molecule has 0 saturated carbocycles. The third-order valence-corrected chi connectivity index (χ3v) is 1.78. The van der Waals surface area contributed by atoms with Gasteiger partial charge in [-0.25, -0.2) is 0 Å². The van der Waals surface area contributed by atoms with Gasteiger partial charge < -0.3 is 5.73 Å². The summed E-state index contributed by atoms with van der Waals surface area (Å²) < 4.78 is 0. The van der Waals surface area contributed by atoms with Crippen molar-refractivity contribution in [2.24, 2.45) is 11.7 Å². The van der Waals surface area contributed by atoms with E-state index in [1.165, 1.54) is 0 Å². The van der Waals surface area contributed by atoms with E-state index in [0.29, 0.717) is 0 Å². The summed E-state index contributed by atoms with van der Waals surface area (Å²) in [5.74, 6) is -0.561. The van der Waals surface area contributed by atoms with Crippen LogP contribution in [0.2, 0.25) is 0 Å². The maximum absolute atomic E-state index is 10.9. The van der Waals surface area contributed by atoms with Gasteiger partial charge in [0, 0.05) is 0 Å². The fourth-order valence-corrected chi connectivity index (χ4v) is 0.899. The fourth-order valence-electron chi connectivity index (χ4n) is 0.899. The number of carbonyl (C=O) groups excluding carboxylic acids is 1. The fraction of sp³-hybridized carbons (Fsp3) is 0.364.